The zero-order chi connectivity index (χ0) is 15.2. The van der Waals surface area contributed by atoms with E-state index >= 15 is 0 Å². The van der Waals surface area contributed by atoms with Crippen molar-refractivity contribution in [1.29, 1.82) is 0 Å². The van der Waals surface area contributed by atoms with Gasteiger partial charge in [0.25, 0.3) is 0 Å². The van der Waals surface area contributed by atoms with Gasteiger partial charge in [0.1, 0.15) is 0 Å². The van der Waals surface area contributed by atoms with Gasteiger partial charge in [-0.3, -0.25) is 0 Å². The monoisotopic (exact) mass is 305 g/mol. The number of hydrogen-bond acceptors (Lipinski definition) is 2. The summed E-state index contributed by atoms with van der Waals surface area (Å²) in [5.74, 6) is 0. The van der Waals surface area contributed by atoms with E-state index in [9.17, 15) is 0 Å². The lowest BCUT2D eigenvalue weighted by Crippen LogP contribution is -2.53. The lowest BCUT2D eigenvalue weighted by Gasteiger charge is -2.37. The van der Waals surface area contributed by atoms with Crippen LogP contribution in [-0.2, 0) is 0 Å². The zero-order valence-electron chi connectivity index (χ0n) is 13.3. The molecule has 1 fully saturated rings. The summed E-state index contributed by atoms with van der Waals surface area (Å²) in [6.45, 7) is 2.15. The number of thiocarbonyl (C=S) groups is 1. The second-order valence-corrected chi connectivity index (χ2v) is 6.58. The van der Waals surface area contributed by atoms with Crippen LogP contribution in [0.1, 0.15) is 44.2 Å². The summed E-state index contributed by atoms with van der Waals surface area (Å²) < 4.78 is 0. The van der Waals surface area contributed by atoms with Crippen LogP contribution in [0.15, 0.2) is 30.3 Å². The number of likely N-dealkylation sites (N-methyl/N-ethyl adjacent to an activating group) is 1. The van der Waals surface area contributed by atoms with Crippen molar-refractivity contribution in [2.45, 2.75) is 50.7 Å². The average Bonchev–Trinajstić information content (AvgIpc) is 2.48. The number of rotatable bonds is 4. The van der Waals surface area contributed by atoms with E-state index in [0.29, 0.717) is 12.1 Å². The maximum atomic E-state index is 5.51. The molecule has 3 atom stereocenters. The molecule has 0 aliphatic heterocycles. The number of hydrogen-bond donors (Lipinski definition) is 2. The Morgan fingerprint density at radius 3 is 2.52 bits per heavy atom. The molecule has 0 saturated heterocycles. The van der Waals surface area contributed by atoms with Gasteiger partial charge >= 0.3 is 0 Å². The first-order valence-electron chi connectivity index (χ1n) is 7.86. The van der Waals surface area contributed by atoms with E-state index in [1.165, 1.54) is 31.2 Å². The van der Waals surface area contributed by atoms with Crippen molar-refractivity contribution < 1.29 is 0 Å². The minimum Gasteiger partial charge on any atom is -0.358 e. The number of nitrogens with zero attached hydrogens (tertiary/aromatic N) is 1. The third-order valence-electron chi connectivity index (χ3n) is 4.36. The lowest BCUT2D eigenvalue weighted by molar-refractivity contribution is 0.189. The standard InChI is InChI=1S/C17H27N3S/c1-13(14-9-5-4-6-10-14)18-17(21)19-15-11-7-8-12-16(15)20(2)3/h4-6,9-10,13,15-16H,7-8,11-12H2,1-3H3,(H2,18,19,21)/t13-,15-,16-/m1/s1. The van der Waals surface area contributed by atoms with Crippen molar-refractivity contribution in [1.82, 2.24) is 15.5 Å². The van der Waals surface area contributed by atoms with E-state index in [1.54, 1.807) is 0 Å². The third kappa shape index (κ3) is 4.68. The van der Waals surface area contributed by atoms with Crippen LogP contribution in [0.2, 0.25) is 0 Å². The van der Waals surface area contributed by atoms with Crippen molar-refractivity contribution in [3.63, 3.8) is 0 Å². The Morgan fingerprint density at radius 2 is 1.86 bits per heavy atom. The summed E-state index contributed by atoms with van der Waals surface area (Å²) in [5, 5.41) is 7.70. The van der Waals surface area contributed by atoms with E-state index in [-0.39, 0.29) is 6.04 Å². The molecule has 0 radical (unpaired) electrons. The van der Waals surface area contributed by atoms with Gasteiger partial charge in [-0.05, 0) is 51.6 Å². The first-order chi connectivity index (χ1) is 10.1. The van der Waals surface area contributed by atoms with Crippen LogP contribution in [0, 0.1) is 0 Å². The van der Waals surface area contributed by atoms with Gasteiger partial charge in [0.15, 0.2) is 5.11 Å². The normalized spacial score (nSPS) is 23.6. The van der Waals surface area contributed by atoms with E-state index in [0.717, 1.165) is 5.11 Å². The smallest absolute Gasteiger partial charge is 0.167 e. The second-order valence-electron chi connectivity index (χ2n) is 6.17. The topological polar surface area (TPSA) is 27.3 Å². The van der Waals surface area contributed by atoms with Crippen LogP contribution in [0.25, 0.3) is 0 Å². The van der Waals surface area contributed by atoms with Gasteiger partial charge in [-0.15, -0.1) is 0 Å². The van der Waals surface area contributed by atoms with Gasteiger partial charge in [-0.2, -0.15) is 0 Å². The molecule has 3 nitrogen and oxygen atoms in total. The molecule has 1 saturated carbocycles. The Labute approximate surface area is 134 Å². The first kappa shape index (κ1) is 16.2. The quantitative estimate of drug-likeness (QED) is 0.836. The van der Waals surface area contributed by atoms with Crippen molar-refractivity contribution in [2.75, 3.05) is 14.1 Å². The predicted molar refractivity (Wildman–Crippen MR) is 93.5 cm³/mol. The highest BCUT2D eigenvalue weighted by Crippen LogP contribution is 2.21. The van der Waals surface area contributed by atoms with Crippen LogP contribution in [0.3, 0.4) is 0 Å². The summed E-state index contributed by atoms with van der Waals surface area (Å²) in [6.07, 6.45) is 5.06. The zero-order valence-corrected chi connectivity index (χ0v) is 14.1. The Hall–Kier alpha value is -1.13. The summed E-state index contributed by atoms with van der Waals surface area (Å²) >= 11 is 5.51. The van der Waals surface area contributed by atoms with Crippen LogP contribution >= 0.6 is 12.2 Å². The molecule has 0 aromatic heterocycles. The molecule has 4 heteroatoms. The molecule has 0 bridgehead atoms. The van der Waals surface area contributed by atoms with Crippen LogP contribution in [0.4, 0.5) is 0 Å². The largest absolute Gasteiger partial charge is 0.358 e. The average molecular weight is 305 g/mol. The molecule has 0 spiro atoms. The van der Waals surface area contributed by atoms with Crippen molar-refractivity contribution in [3.05, 3.63) is 35.9 Å². The van der Waals surface area contributed by atoms with Gasteiger partial charge in [-0.1, -0.05) is 43.2 Å². The molecule has 2 rings (SSSR count). The predicted octanol–water partition coefficient (Wildman–Crippen LogP) is 3.08. The molecule has 2 N–H and O–H groups in total. The molecule has 1 aromatic carbocycles. The molecular weight excluding hydrogens is 278 g/mol. The van der Waals surface area contributed by atoms with E-state index < -0.39 is 0 Å². The van der Waals surface area contributed by atoms with Crippen LogP contribution < -0.4 is 10.6 Å². The molecule has 1 aliphatic carbocycles. The van der Waals surface area contributed by atoms with E-state index in [4.69, 9.17) is 12.2 Å². The Balaban J connectivity index is 1.88. The van der Waals surface area contributed by atoms with Gasteiger partial charge in [0, 0.05) is 12.1 Å². The van der Waals surface area contributed by atoms with Crippen molar-refractivity contribution >= 4 is 17.3 Å². The molecule has 0 heterocycles. The van der Waals surface area contributed by atoms with E-state index in [1.807, 2.05) is 6.07 Å². The summed E-state index contributed by atoms with van der Waals surface area (Å²) in [4.78, 5) is 2.32. The molecule has 1 aliphatic rings. The van der Waals surface area contributed by atoms with Crippen LogP contribution in [0.5, 0.6) is 0 Å². The Bertz CT molecular complexity index is 447. The molecular formula is C17H27N3S. The summed E-state index contributed by atoms with van der Waals surface area (Å²) in [6, 6.07) is 11.7. The fraction of sp³-hybridized carbons (Fsp3) is 0.588. The first-order valence-corrected chi connectivity index (χ1v) is 8.27. The molecule has 1 aromatic rings. The molecule has 0 amide bonds. The maximum absolute atomic E-state index is 5.51. The number of nitrogens with one attached hydrogen (secondary N) is 2. The Kier molecular flexibility index (Phi) is 6.00. The third-order valence-corrected chi connectivity index (χ3v) is 4.59. The van der Waals surface area contributed by atoms with Crippen molar-refractivity contribution in [3.8, 4) is 0 Å². The minimum absolute atomic E-state index is 0.229. The highest BCUT2D eigenvalue weighted by molar-refractivity contribution is 7.80. The molecule has 21 heavy (non-hydrogen) atoms. The minimum atomic E-state index is 0.229. The van der Waals surface area contributed by atoms with Gasteiger partial charge in [-0.25, -0.2) is 0 Å². The lowest BCUT2D eigenvalue weighted by atomic mass is 9.89. The second kappa shape index (κ2) is 7.76. The molecule has 116 valence electrons. The van der Waals surface area contributed by atoms with Gasteiger partial charge in [0.2, 0.25) is 0 Å². The molecule has 0 unspecified atom stereocenters. The van der Waals surface area contributed by atoms with Crippen molar-refractivity contribution in [2.24, 2.45) is 0 Å². The highest BCUT2D eigenvalue weighted by Gasteiger charge is 2.27. The maximum Gasteiger partial charge on any atom is 0.167 e. The van der Waals surface area contributed by atoms with Gasteiger partial charge in [0.05, 0.1) is 6.04 Å². The summed E-state index contributed by atoms with van der Waals surface area (Å²) in [5.41, 5.74) is 1.26. The van der Waals surface area contributed by atoms with Gasteiger partial charge < -0.3 is 15.5 Å². The fourth-order valence-electron chi connectivity index (χ4n) is 3.13. The number of benzene rings is 1. The van der Waals surface area contributed by atoms with E-state index in [2.05, 4.69) is 60.8 Å². The SMILES string of the molecule is C[C@@H](NC(=S)N[C@@H]1CCCC[C@H]1N(C)C)c1ccccc1. The fourth-order valence-corrected chi connectivity index (χ4v) is 3.46. The van der Waals surface area contributed by atoms with Crippen LogP contribution in [-0.4, -0.2) is 36.2 Å². The summed E-state index contributed by atoms with van der Waals surface area (Å²) in [7, 11) is 4.32. The highest BCUT2D eigenvalue weighted by atomic mass is 32.1. The Morgan fingerprint density at radius 1 is 1.19 bits per heavy atom.